The third-order valence-corrected chi connectivity index (χ3v) is 6.12. The summed E-state index contributed by atoms with van der Waals surface area (Å²) < 4.78 is 37.5. The standard InChI is InChI=1S/C14H18N6O10S2.CH4.2H2S/c1-5(30-13(16)25)14(2)9(11(24)20(14)32(26,27)28)18-10(23)8(19-29-3-7(21)22)6-4-31-12(15)17-6;;;/h4-5,9H,3H2,1-2H3,(H2,15,17)(H2,16,25)(H,18,23)(H,21,22)(H,26,27,28);1H4;2*1H2/b19-8-;;;/t5?,9-,14-;;;/m1.../s1. The third kappa shape index (κ3) is 7.34. The van der Waals surface area contributed by atoms with Crippen LogP contribution in [0.25, 0.3) is 0 Å². The maximum Gasteiger partial charge on any atom is 0.404 e. The average molecular weight is 579 g/mol. The molecule has 0 aromatic carbocycles. The predicted octanol–water partition coefficient (Wildman–Crippen LogP) is -1.24. The highest BCUT2D eigenvalue weighted by molar-refractivity contribution is 7.84. The summed E-state index contributed by atoms with van der Waals surface area (Å²) in [7, 11) is -5.11. The number of hydrogen-bond donors (Lipinski definition) is 5. The molecule has 0 spiro atoms. The number of nitrogens with one attached hydrogen (secondary N) is 1. The van der Waals surface area contributed by atoms with Crippen LogP contribution >= 0.6 is 38.3 Å². The van der Waals surface area contributed by atoms with Crippen molar-refractivity contribution in [3.63, 3.8) is 0 Å². The van der Waals surface area contributed by atoms with Gasteiger partial charge in [-0.15, -0.1) is 11.3 Å². The van der Waals surface area contributed by atoms with Gasteiger partial charge in [0.25, 0.3) is 11.8 Å². The zero-order chi connectivity index (χ0) is 24.4. The number of ether oxygens (including phenoxy) is 1. The fraction of sp³-hybridized carbons (Fsp3) is 0.467. The number of thiazole rings is 1. The van der Waals surface area contributed by atoms with E-state index in [1.165, 1.54) is 12.3 Å². The molecule has 1 aliphatic heterocycles. The summed E-state index contributed by atoms with van der Waals surface area (Å²) in [6.07, 6.45) is -2.72. The van der Waals surface area contributed by atoms with Crippen LogP contribution in [0.1, 0.15) is 27.0 Å². The number of β-lactam (4-membered cyclic amide) rings is 1. The molecular formula is C15H26N6O10S4. The van der Waals surface area contributed by atoms with Crippen LogP contribution in [0.5, 0.6) is 0 Å². The Kier molecular flexibility index (Phi) is 12.5. The van der Waals surface area contributed by atoms with Crippen molar-refractivity contribution in [2.24, 2.45) is 10.9 Å². The number of rotatable bonds is 9. The zero-order valence-corrected chi connectivity index (χ0v) is 21.0. The molecule has 3 amide bonds. The first-order chi connectivity index (χ1) is 14.7. The maximum atomic E-state index is 12.8. The number of aliphatic carboxylic acids is 1. The molecule has 0 radical (unpaired) electrons. The van der Waals surface area contributed by atoms with E-state index < -0.39 is 64.2 Å². The molecule has 1 aromatic rings. The lowest BCUT2D eigenvalue weighted by molar-refractivity contribution is -0.161. The summed E-state index contributed by atoms with van der Waals surface area (Å²) in [6.45, 7) is 1.39. The third-order valence-electron chi connectivity index (χ3n) is 4.41. The van der Waals surface area contributed by atoms with E-state index in [1.807, 2.05) is 0 Å². The molecule has 1 aromatic heterocycles. The molecule has 16 nitrogen and oxygen atoms in total. The van der Waals surface area contributed by atoms with Gasteiger partial charge >= 0.3 is 22.4 Å². The van der Waals surface area contributed by atoms with E-state index in [4.69, 9.17) is 21.3 Å². The molecule has 0 bridgehead atoms. The summed E-state index contributed by atoms with van der Waals surface area (Å²) in [5.41, 5.74) is 7.77. The Balaban J connectivity index is 0. The van der Waals surface area contributed by atoms with E-state index in [9.17, 15) is 32.1 Å². The number of oxime groups is 1. The normalized spacial score (nSPS) is 20.1. The summed E-state index contributed by atoms with van der Waals surface area (Å²) in [5.74, 6) is -3.78. The number of hydrogen-bond acceptors (Lipinski definition) is 12. The van der Waals surface area contributed by atoms with E-state index in [1.54, 1.807) is 0 Å². The number of aromatic nitrogens is 1. The molecular weight excluding hydrogens is 552 g/mol. The van der Waals surface area contributed by atoms with Crippen molar-refractivity contribution in [2.45, 2.75) is 39.0 Å². The second kappa shape index (κ2) is 12.8. The van der Waals surface area contributed by atoms with Crippen LogP contribution in [0.4, 0.5) is 9.93 Å². The van der Waals surface area contributed by atoms with Crippen LogP contribution < -0.4 is 16.8 Å². The number of nitrogen functional groups attached to an aromatic ring is 1. The lowest BCUT2D eigenvalue weighted by Gasteiger charge is -2.54. The van der Waals surface area contributed by atoms with Crippen LogP contribution in [0, 0.1) is 0 Å². The minimum atomic E-state index is -5.11. The molecule has 2 heterocycles. The quantitative estimate of drug-likeness (QED) is 0.0998. The molecule has 20 heteroatoms. The van der Waals surface area contributed by atoms with Gasteiger partial charge in [-0.2, -0.15) is 35.4 Å². The molecule has 1 saturated heterocycles. The smallest absolute Gasteiger partial charge is 0.404 e. The summed E-state index contributed by atoms with van der Waals surface area (Å²) in [5, 5.41) is 15.6. The van der Waals surface area contributed by atoms with Crippen molar-refractivity contribution < 1.29 is 46.8 Å². The first-order valence-electron chi connectivity index (χ1n) is 8.41. The second-order valence-corrected chi connectivity index (χ2v) is 8.62. The number of amides is 3. The summed E-state index contributed by atoms with van der Waals surface area (Å²) in [6, 6.07) is -1.65. The molecule has 1 unspecified atom stereocenters. The van der Waals surface area contributed by atoms with Gasteiger partial charge in [-0.25, -0.2) is 18.9 Å². The molecule has 2 rings (SSSR count). The first-order valence-corrected chi connectivity index (χ1v) is 10.7. The fourth-order valence-electron chi connectivity index (χ4n) is 2.87. The monoisotopic (exact) mass is 578 g/mol. The highest BCUT2D eigenvalue weighted by atomic mass is 32.2. The molecule has 1 aliphatic rings. The lowest BCUT2D eigenvalue weighted by Crippen LogP contribution is -2.82. The van der Waals surface area contributed by atoms with Crippen LogP contribution in [0.3, 0.4) is 0 Å². The van der Waals surface area contributed by atoms with Crippen molar-refractivity contribution in [2.75, 3.05) is 12.3 Å². The molecule has 35 heavy (non-hydrogen) atoms. The Hall–Kier alpha value is -2.81. The number of carbonyl (C=O) groups excluding carboxylic acids is 3. The number of carboxylic acid groups (broad SMARTS) is 1. The average Bonchev–Trinajstić information content (AvgIpc) is 3.06. The van der Waals surface area contributed by atoms with Gasteiger partial charge in [0.2, 0.25) is 6.61 Å². The predicted molar refractivity (Wildman–Crippen MR) is 133 cm³/mol. The van der Waals surface area contributed by atoms with Crippen molar-refractivity contribution in [3.05, 3.63) is 11.1 Å². The van der Waals surface area contributed by atoms with Crippen molar-refractivity contribution in [3.8, 4) is 0 Å². The number of carbonyl (C=O) groups is 4. The Morgan fingerprint density at radius 2 is 1.97 bits per heavy atom. The summed E-state index contributed by atoms with van der Waals surface area (Å²) >= 11 is 0.919. The Labute approximate surface area is 217 Å². The fourth-order valence-corrected chi connectivity index (χ4v) is 4.50. The van der Waals surface area contributed by atoms with Gasteiger partial charge in [0.05, 0.1) is 0 Å². The topological polar surface area (TPSA) is 254 Å². The van der Waals surface area contributed by atoms with E-state index in [0.717, 1.165) is 18.3 Å². The number of nitrogens with zero attached hydrogens (tertiary/aromatic N) is 3. The van der Waals surface area contributed by atoms with Gasteiger partial charge in [0.15, 0.2) is 10.8 Å². The number of primary amides is 1. The minimum Gasteiger partial charge on any atom is -0.479 e. The first kappa shape index (κ1) is 34.4. The van der Waals surface area contributed by atoms with Gasteiger partial charge in [-0.05, 0) is 13.8 Å². The largest absolute Gasteiger partial charge is 0.479 e. The molecule has 200 valence electrons. The lowest BCUT2D eigenvalue weighted by atomic mass is 9.78. The molecule has 0 saturated carbocycles. The van der Waals surface area contributed by atoms with Crippen LogP contribution in [0.2, 0.25) is 0 Å². The molecule has 0 aliphatic carbocycles. The van der Waals surface area contributed by atoms with E-state index in [2.05, 4.69) is 20.3 Å². The highest BCUT2D eigenvalue weighted by Crippen LogP contribution is 2.39. The van der Waals surface area contributed by atoms with E-state index >= 15 is 0 Å². The van der Waals surface area contributed by atoms with Gasteiger partial charge in [-0.3, -0.25) is 14.1 Å². The van der Waals surface area contributed by atoms with Gasteiger partial charge in [0.1, 0.15) is 23.4 Å². The van der Waals surface area contributed by atoms with Gasteiger partial charge in [0, 0.05) is 5.38 Å². The minimum absolute atomic E-state index is 0. The second-order valence-electron chi connectivity index (χ2n) is 6.47. The van der Waals surface area contributed by atoms with E-state index in [-0.39, 0.29) is 49.5 Å². The van der Waals surface area contributed by atoms with Crippen molar-refractivity contribution >= 4 is 83.4 Å². The SMILES string of the molecule is C.CC(OC(N)=O)[C@]1(C)[C@H](NC(=O)/C(=N\OCC(=O)O)c2csc(N)n2)C(=O)N1S(=O)(=O)O.S.S. The van der Waals surface area contributed by atoms with Crippen molar-refractivity contribution in [1.29, 1.82) is 0 Å². The molecule has 7 N–H and O–H groups in total. The highest BCUT2D eigenvalue weighted by Gasteiger charge is 2.66. The Morgan fingerprint density at radius 1 is 1.40 bits per heavy atom. The Bertz CT molecular complexity index is 1090. The van der Waals surface area contributed by atoms with Crippen LogP contribution in [0.15, 0.2) is 10.5 Å². The van der Waals surface area contributed by atoms with Gasteiger partial charge < -0.3 is 31.5 Å². The Morgan fingerprint density at radius 3 is 2.40 bits per heavy atom. The maximum absolute atomic E-state index is 12.8. The molecule has 3 atom stereocenters. The molecule has 1 fully saturated rings. The number of carboxylic acids is 1. The number of anilines is 1. The van der Waals surface area contributed by atoms with Crippen molar-refractivity contribution in [1.82, 2.24) is 14.6 Å². The zero-order valence-electron chi connectivity index (χ0n) is 17.4. The van der Waals surface area contributed by atoms with E-state index in [0.29, 0.717) is 0 Å². The summed E-state index contributed by atoms with van der Waals surface area (Å²) in [4.78, 5) is 55.4. The number of nitrogens with two attached hydrogens (primary N) is 2. The van der Waals surface area contributed by atoms with Crippen LogP contribution in [-0.4, -0.2) is 81.2 Å². The van der Waals surface area contributed by atoms with Crippen LogP contribution in [-0.2, 0) is 34.3 Å². The van der Waals surface area contributed by atoms with Gasteiger partial charge in [-0.1, -0.05) is 12.6 Å².